The van der Waals surface area contributed by atoms with Crippen molar-refractivity contribution in [2.45, 2.75) is 85.0 Å². The quantitative estimate of drug-likeness (QED) is 0.0803. The van der Waals surface area contributed by atoms with Crippen molar-refractivity contribution in [3.05, 3.63) is 96.5 Å². The van der Waals surface area contributed by atoms with Gasteiger partial charge in [0.2, 0.25) is 0 Å². The standard InChI is InChI=1S/C43H59N5O3/c1-11-48-40-18-17-32(33-21-31(22-34(49)24-33)23-36(29(4)44-8)28(3)39-16-14-20-46-47(39)9)25-37(40)38(26-43(6,7)27-51-12-2)42(48)35-15-13-19-45-41(35)30(5)50-10/h12-13,15,17-19,21-22,24-25,29-30,36,39,44,46,49H,2-3,11,14,16,20,23,26-27H2,1,4-10H3. The van der Waals surface area contributed by atoms with Crippen LogP contribution >= 0.6 is 0 Å². The summed E-state index contributed by atoms with van der Waals surface area (Å²) in [5, 5.41) is 18.0. The van der Waals surface area contributed by atoms with E-state index in [1.54, 1.807) is 7.11 Å². The summed E-state index contributed by atoms with van der Waals surface area (Å²) >= 11 is 0. The van der Waals surface area contributed by atoms with Gasteiger partial charge in [-0.1, -0.05) is 44.7 Å². The normalized spacial score (nSPS) is 17.3. The number of benzene rings is 2. The molecule has 8 heteroatoms. The third-order valence-corrected chi connectivity index (χ3v) is 10.8. The van der Waals surface area contributed by atoms with Crippen LogP contribution < -0.4 is 10.7 Å². The predicted octanol–water partition coefficient (Wildman–Crippen LogP) is 8.45. The van der Waals surface area contributed by atoms with Crippen molar-refractivity contribution in [3.8, 4) is 28.1 Å². The van der Waals surface area contributed by atoms with E-state index in [0.717, 1.165) is 77.9 Å². The Balaban J connectivity index is 1.63. The number of nitrogens with zero attached hydrogens (tertiary/aromatic N) is 3. The lowest BCUT2D eigenvalue weighted by molar-refractivity contribution is 0.116. The average Bonchev–Trinajstić information content (AvgIpc) is 3.43. The van der Waals surface area contributed by atoms with Crippen molar-refractivity contribution in [2.75, 3.05) is 34.4 Å². The summed E-state index contributed by atoms with van der Waals surface area (Å²) in [6.45, 7) is 21.7. The van der Waals surface area contributed by atoms with Crippen molar-refractivity contribution in [2.24, 2.45) is 11.3 Å². The van der Waals surface area contributed by atoms with Crippen LogP contribution in [0.15, 0.2) is 79.7 Å². The van der Waals surface area contributed by atoms with E-state index >= 15 is 0 Å². The molecule has 0 spiro atoms. The second-order valence-electron chi connectivity index (χ2n) is 15.0. The van der Waals surface area contributed by atoms with Gasteiger partial charge in [0, 0.05) is 73.3 Å². The number of phenols is 1. The third kappa shape index (κ3) is 8.41. The summed E-state index contributed by atoms with van der Waals surface area (Å²) in [6, 6.07) is 17.4. The Kier molecular flexibility index (Phi) is 12.5. The van der Waals surface area contributed by atoms with Gasteiger partial charge in [-0.15, -0.1) is 0 Å². The molecule has 2 aromatic carbocycles. The maximum Gasteiger partial charge on any atom is 0.116 e. The largest absolute Gasteiger partial charge is 0.508 e. The molecule has 0 saturated carbocycles. The number of likely N-dealkylation sites (N-methyl/N-ethyl adjacent to an activating group) is 1. The lowest BCUT2D eigenvalue weighted by atomic mass is 9.81. The van der Waals surface area contributed by atoms with Gasteiger partial charge in [-0.3, -0.25) is 10.4 Å². The Morgan fingerprint density at radius 1 is 1.18 bits per heavy atom. The SMILES string of the molecule is C=COCC(C)(C)Cc1c(-c2cccnc2C(C)OC)n(CC)c2ccc(-c3cc(O)cc(CC(C(=C)C4CCCNN4C)C(C)NC)c3)cc12. The summed E-state index contributed by atoms with van der Waals surface area (Å²) < 4.78 is 14.0. The van der Waals surface area contributed by atoms with E-state index < -0.39 is 0 Å². The zero-order valence-corrected chi connectivity index (χ0v) is 32.1. The van der Waals surface area contributed by atoms with Crippen LogP contribution in [0.25, 0.3) is 33.3 Å². The third-order valence-electron chi connectivity index (χ3n) is 10.8. The van der Waals surface area contributed by atoms with E-state index in [-0.39, 0.29) is 35.3 Å². The van der Waals surface area contributed by atoms with Gasteiger partial charge in [0.15, 0.2) is 0 Å². The van der Waals surface area contributed by atoms with Gasteiger partial charge in [0.1, 0.15) is 5.75 Å². The molecule has 1 saturated heterocycles. The minimum Gasteiger partial charge on any atom is -0.508 e. The average molecular weight is 694 g/mol. The van der Waals surface area contributed by atoms with Crippen LogP contribution in [0, 0.1) is 11.3 Å². The van der Waals surface area contributed by atoms with Gasteiger partial charge in [0.25, 0.3) is 0 Å². The van der Waals surface area contributed by atoms with Gasteiger partial charge < -0.3 is 24.5 Å². The first-order valence-corrected chi connectivity index (χ1v) is 18.4. The fourth-order valence-corrected chi connectivity index (χ4v) is 7.86. The molecule has 0 amide bonds. The Labute approximate surface area is 305 Å². The molecule has 1 fully saturated rings. The van der Waals surface area contributed by atoms with Gasteiger partial charge >= 0.3 is 0 Å². The minimum absolute atomic E-state index is 0.170. The zero-order chi connectivity index (χ0) is 36.9. The van der Waals surface area contributed by atoms with Crippen LogP contribution in [0.3, 0.4) is 0 Å². The Morgan fingerprint density at radius 2 is 1.96 bits per heavy atom. The number of fused-ring (bicyclic) bond motifs is 1. The first kappa shape index (κ1) is 38.3. The lowest BCUT2D eigenvalue weighted by Crippen LogP contribution is -2.50. The molecule has 4 unspecified atom stereocenters. The highest BCUT2D eigenvalue weighted by molar-refractivity contribution is 5.95. The molecular weight excluding hydrogens is 635 g/mol. The number of aromatic hydroxyl groups is 1. The topological polar surface area (TPSA) is 83.8 Å². The van der Waals surface area contributed by atoms with Gasteiger partial charge in [-0.05, 0) is 112 Å². The van der Waals surface area contributed by atoms with Crippen molar-refractivity contribution < 1.29 is 14.6 Å². The molecule has 5 rings (SSSR count). The Hall–Kier alpha value is -3.95. The van der Waals surface area contributed by atoms with Crippen LogP contribution in [0.4, 0.5) is 0 Å². The molecule has 1 aliphatic rings. The second-order valence-corrected chi connectivity index (χ2v) is 15.0. The summed E-state index contributed by atoms with van der Waals surface area (Å²) in [5.41, 5.74) is 13.2. The molecule has 1 aliphatic heterocycles. The van der Waals surface area contributed by atoms with E-state index in [1.807, 2.05) is 38.4 Å². The number of phenolic OH excluding ortho intramolecular Hbond substituents is 1. The van der Waals surface area contributed by atoms with E-state index in [2.05, 4.69) is 98.6 Å². The number of hydrazine groups is 1. The molecule has 4 atom stereocenters. The van der Waals surface area contributed by atoms with E-state index in [4.69, 9.17) is 14.5 Å². The molecule has 0 bridgehead atoms. The maximum absolute atomic E-state index is 11.1. The maximum atomic E-state index is 11.1. The van der Waals surface area contributed by atoms with Gasteiger partial charge in [-0.2, -0.15) is 0 Å². The smallest absolute Gasteiger partial charge is 0.116 e. The van der Waals surface area contributed by atoms with Crippen molar-refractivity contribution in [1.29, 1.82) is 0 Å². The second kappa shape index (κ2) is 16.6. The number of ether oxygens (including phenoxy) is 2. The zero-order valence-electron chi connectivity index (χ0n) is 32.1. The number of rotatable bonds is 16. The molecule has 51 heavy (non-hydrogen) atoms. The van der Waals surface area contributed by atoms with Crippen LogP contribution in [0.2, 0.25) is 0 Å². The van der Waals surface area contributed by atoms with E-state index in [9.17, 15) is 5.11 Å². The molecular formula is C43H59N5O3. The highest BCUT2D eigenvalue weighted by Gasteiger charge is 2.31. The number of nitrogens with one attached hydrogen (secondary N) is 2. The van der Waals surface area contributed by atoms with Gasteiger partial charge in [-0.25, -0.2) is 5.01 Å². The van der Waals surface area contributed by atoms with Gasteiger partial charge in [0.05, 0.1) is 30.4 Å². The molecule has 3 N–H and O–H groups in total. The first-order chi connectivity index (χ1) is 24.4. The Bertz CT molecular complexity index is 1830. The number of aryl methyl sites for hydroxylation is 1. The number of methoxy groups -OCH3 is 1. The number of pyridine rings is 1. The molecule has 8 nitrogen and oxygen atoms in total. The van der Waals surface area contributed by atoms with Crippen molar-refractivity contribution in [1.82, 2.24) is 25.3 Å². The lowest BCUT2D eigenvalue weighted by Gasteiger charge is -2.39. The fourth-order valence-electron chi connectivity index (χ4n) is 7.86. The molecule has 0 aliphatic carbocycles. The number of hydrogen-bond acceptors (Lipinski definition) is 7. The number of hydrogen-bond donors (Lipinski definition) is 3. The summed E-state index contributed by atoms with van der Waals surface area (Å²) in [5.74, 6) is 0.458. The summed E-state index contributed by atoms with van der Waals surface area (Å²) in [7, 11) is 5.86. The molecule has 0 radical (unpaired) electrons. The molecule has 3 heterocycles. The fraction of sp³-hybridized carbons (Fsp3) is 0.465. The highest BCUT2D eigenvalue weighted by atomic mass is 16.5. The molecule has 4 aromatic rings. The summed E-state index contributed by atoms with van der Waals surface area (Å²) in [6.07, 6.45) is 6.96. The Morgan fingerprint density at radius 3 is 2.65 bits per heavy atom. The first-order valence-electron chi connectivity index (χ1n) is 18.4. The van der Waals surface area contributed by atoms with Crippen molar-refractivity contribution >= 4 is 10.9 Å². The van der Waals surface area contributed by atoms with Crippen LogP contribution in [-0.4, -0.2) is 66.1 Å². The molecule has 2 aromatic heterocycles. The van der Waals surface area contributed by atoms with E-state index in [1.165, 1.54) is 22.8 Å². The van der Waals surface area contributed by atoms with Crippen LogP contribution in [-0.2, 0) is 28.9 Å². The number of aromatic nitrogens is 2. The summed E-state index contributed by atoms with van der Waals surface area (Å²) in [4.78, 5) is 4.81. The minimum atomic E-state index is -0.178. The predicted molar refractivity (Wildman–Crippen MR) is 211 cm³/mol. The van der Waals surface area contributed by atoms with E-state index in [0.29, 0.717) is 6.61 Å². The monoisotopic (exact) mass is 693 g/mol. The highest BCUT2D eigenvalue weighted by Crippen LogP contribution is 2.42. The van der Waals surface area contributed by atoms with Crippen molar-refractivity contribution in [3.63, 3.8) is 0 Å². The van der Waals surface area contributed by atoms with Crippen LogP contribution in [0.1, 0.15) is 70.4 Å². The molecule has 274 valence electrons. The van der Waals surface area contributed by atoms with Crippen LogP contribution in [0.5, 0.6) is 5.75 Å².